The van der Waals surface area contributed by atoms with Gasteiger partial charge in [-0.3, -0.25) is 4.68 Å². The number of nitrogens with two attached hydrogens (primary N) is 1. The van der Waals surface area contributed by atoms with Crippen LogP contribution in [-0.4, -0.2) is 24.5 Å². The average molecular weight is 220 g/mol. The number of nitrogens with zero attached hydrogens (tertiary/aromatic N) is 5. The molecule has 0 saturated carbocycles. The SMILES string of the molecule is CCCn1c(C)nnc1Cn1cc(N)cn1. The lowest BCUT2D eigenvalue weighted by atomic mass is 10.4. The zero-order valence-electron chi connectivity index (χ0n) is 9.59. The van der Waals surface area contributed by atoms with Crippen molar-refractivity contribution >= 4 is 5.69 Å². The summed E-state index contributed by atoms with van der Waals surface area (Å²) in [7, 11) is 0. The number of hydrogen-bond acceptors (Lipinski definition) is 4. The fraction of sp³-hybridized carbons (Fsp3) is 0.500. The van der Waals surface area contributed by atoms with E-state index in [4.69, 9.17) is 5.73 Å². The van der Waals surface area contributed by atoms with Gasteiger partial charge in [-0.2, -0.15) is 5.10 Å². The second kappa shape index (κ2) is 4.34. The summed E-state index contributed by atoms with van der Waals surface area (Å²) >= 11 is 0. The molecule has 0 aliphatic carbocycles. The fourth-order valence-corrected chi connectivity index (χ4v) is 1.67. The molecule has 0 spiro atoms. The highest BCUT2D eigenvalue weighted by Gasteiger charge is 2.08. The third kappa shape index (κ3) is 2.05. The van der Waals surface area contributed by atoms with Gasteiger partial charge in [-0.25, -0.2) is 0 Å². The van der Waals surface area contributed by atoms with Crippen LogP contribution in [0.1, 0.15) is 25.0 Å². The number of nitrogen functional groups attached to an aromatic ring is 1. The van der Waals surface area contributed by atoms with Gasteiger partial charge in [0.2, 0.25) is 0 Å². The quantitative estimate of drug-likeness (QED) is 0.828. The molecule has 2 aromatic heterocycles. The van der Waals surface area contributed by atoms with Crippen molar-refractivity contribution in [3.8, 4) is 0 Å². The molecule has 0 radical (unpaired) electrons. The molecule has 6 nitrogen and oxygen atoms in total. The topological polar surface area (TPSA) is 74.5 Å². The molecule has 0 amide bonds. The molecule has 0 aliphatic rings. The van der Waals surface area contributed by atoms with Crippen LogP contribution >= 0.6 is 0 Å². The molecule has 2 aromatic rings. The minimum atomic E-state index is 0.609. The van der Waals surface area contributed by atoms with Crippen molar-refractivity contribution in [1.82, 2.24) is 24.5 Å². The predicted molar refractivity (Wildman–Crippen MR) is 60.8 cm³/mol. The van der Waals surface area contributed by atoms with E-state index >= 15 is 0 Å². The van der Waals surface area contributed by atoms with Gasteiger partial charge in [0.1, 0.15) is 12.4 Å². The highest BCUT2D eigenvalue weighted by molar-refractivity contribution is 5.30. The second-order valence-corrected chi connectivity index (χ2v) is 3.79. The Kier molecular flexibility index (Phi) is 2.89. The van der Waals surface area contributed by atoms with Gasteiger partial charge in [-0.1, -0.05) is 6.92 Å². The Hall–Kier alpha value is -1.85. The van der Waals surface area contributed by atoms with E-state index in [0.717, 1.165) is 24.6 Å². The monoisotopic (exact) mass is 220 g/mol. The van der Waals surface area contributed by atoms with Crippen LogP contribution in [0.2, 0.25) is 0 Å². The number of rotatable bonds is 4. The Balaban J connectivity index is 2.20. The van der Waals surface area contributed by atoms with Crippen molar-refractivity contribution in [3.05, 3.63) is 24.0 Å². The summed E-state index contributed by atoms with van der Waals surface area (Å²) in [6, 6.07) is 0. The lowest BCUT2D eigenvalue weighted by Gasteiger charge is -2.06. The third-order valence-corrected chi connectivity index (χ3v) is 2.42. The fourth-order valence-electron chi connectivity index (χ4n) is 1.67. The second-order valence-electron chi connectivity index (χ2n) is 3.79. The van der Waals surface area contributed by atoms with Crippen LogP contribution in [0, 0.1) is 6.92 Å². The van der Waals surface area contributed by atoms with Crippen LogP contribution in [0.3, 0.4) is 0 Å². The number of hydrogen-bond donors (Lipinski definition) is 1. The normalized spacial score (nSPS) is 10.9. The first-order valence-electron chi connectivity index (χ1n) is 5.37. The van der Waals surface area contributed by atoms with Gasteiger partial charge in [0, 0.05) is 12.7 Å². The molecule has 0 atom stereocenters. The molecule has 0 aliphatic heterocycles. The van der Waals surface area contributed by atoms with Gasteiger partial charge < -0.3 is 10.3 Å². The zero-order valence-corrected chi connectivity index (χ0v) is 9.59. The average Bonchev–Trinajstić information content (AvgIpc) is 2.79. The van der Waals surface area contributed by atoms with Gasteiger partial charge in [-0.15, -0.1) is 10.2 Å². The van der Waals surface area contributed by atoms with Crippen molar-refractivity contribution in [2.45, 2.75) is 33.4 Å². The van der Waals surface area contributed by atoms with Gasteiger partial charge in [0.05, 0.1) is 11.9 Å². The van der Waals surface area contributed by atoms with Crippen molar-refractivity contribution in [3.63, 3.8) is 0 Å². The molecule has 0 saturated heterocycles. The standard InChI is InChI=1S/C10H16N6/c1-3-4-16-8(2)13-14-10(16)7-15-6-9(11)5-12-15/h5-6H,3-4,7,11H2,1-2H3. The minimum absolute atomic E-state index is 0.609. The highest BCUT2D eigenvalue weighted by Crippen LogP contribution is 2.06. The lowest BCUT2D eigenvalue weighted by molar-refractivity contribution is 0.576. The van der Waals surface area contributed by atoms with Crippen LogP contribution < -0.4 is 5.73 Å². The van der Waals surface area contributed by atoms with Crippen LogP contribution in [0.25, 0.3) is 0 Å². The van der Waals surface area contributed by atoms with E-state index in [-0.39, 0.29) is 0 Å². The molecule has 6 heteroatoms. The minimum Gasteiger partial charge on any atom is -0.396 e. The smallest absolute Gasteiger partial charge is 0.154 e. The zero-order chi connectivity index (χ0) is 11.5. The summed E-state index contributed by atoms with van der Waals surface area (Å²) in [5, 5.41) is 12.4. The molecule has 2 heterocycles. The molecule has 2 rings (SSSR count). The first-order valence-corrected chi connectivity index (χ1v) is 5.37. The molecular formula is C10H16N6. The van der Waals surface area contributed by atoms with Crippen LogP contribution in [0.4, 0.5) is 5.69 Å². The molecule has 0 fully saturated rings. The van der Waals surface area contributed by atoms with Crippen molar-refractivity contribution in [2.75, 3.05) is 5.73 Å². The summed E-state index contributed by atoms with van der Waals surface area (Å²) in [5.74, 6) is 1.86. The number of anilines is 1. The predicted octanol–water partition coefficient (Wildman–Crippen LogP) is 0.824. The number of aromatic nitrogens is 5. The largest absolute Gasteiger partial charge is 0.396 e. The molecule has 0 unspecified atom stereocenters. The van der Waals surface area contributed by atoms with E-state index in [2.05, 4.69) is 26.8 Å². The Morgan fingerprint density at radius 3 is 2.81 bits per heavy atom. The maximum atomic E-state index is 5.61. The van der Waals surface area contributed by atoms with Gasteiger partial charge in [0.15, 0.2) is 5.82 Å². The maximum absolute atomic E-state index is 5.61. The summed E-state index contributed by atoms with van der Waals surface area (Å²) in [6.07, 6.45) is 4.49. The van der Waals surface area contributed by atoms with Crippen molar-refractivity contribution in [1.29, 1.82) is 0 Å². The molecule has 2 N–H and O–H groups in total. The number of aryl methyl sites for hydroxylation is 1. The summed E-state index contributed by atoms with van der Waals surface area (Å²) in [5.41, 5.74) is 6.27. The van der Waals surface area contributed by atoms with E-state index < -0.39 is 0 Å². The van der Waals surface area contributed by atoms with Gasteiger partial charge >= 0.3 is 0 Å². The molecule has 0 bridgehead atoms. The van der Waals surface area contributed by atoms with E-state index in [9.17, 15) is 0 Å². The Labute approximate surface area is 94.1 Å². The molecule has 0 aromatic carbocycles. The van der Waals surface area contributed by atoms with Crippen molar-refractivity contribution in [2.24, 2.45) is 0 Å². The van der Waals surface area contributed by atoms with E-state index in [1.807, 2.05) is 6.92 Å². The molecule has 16 heavy (non-hydrogen) atoms. The Bertz CT molecular complexity index is 469. The first-order chi connectivity index (χ1) is 7.70. The molecular weight excluding hydrogens is 204 g/mol. The maximum Gasteiger partial charge on any atom is 0.154 e. The summed E-state index contributed by atoms with van der Waals surface area (Å²) in [4.78, 5) is 0. The van der Waals surface area contributed by atoms with Crippen LogP contribution in [0.15, 0.2) is 12.4 Å². The lowest BCUT2D eigenvalue weighted by Crippen LogP contribution is -2.10. The Morgan fingerprint density at radius 1 is 1.38 bits per heavy atom. The van der Waals surface area contributed by atoms with Gasteiger partial charge in [-0.05, 0) is 13.3 Å². The third-order valence-electron chi connectivity index (χ3n) is 2.42. The summed E-state index contributed by atoms with van der Waals surface area (Å²) in [6.45, 7) is 5.64. The van der Waals surface area contributed by atoms with Crippen LogP contribution in [-0.2, 0) is 13.1 Å². The van der Waals surface area contributed by atoms with E-state index in [1.165, 1.54) is 0 Å². The van der Waals surface area contributed by atoms with E-state index in [1.54, 1.807) is 17.1 Å². The first kappa shape index (κ1) is 10.7. The van der Waals surface area contributed by atoms with E-state index in [0.29, 0.717) is 12.2 Å². The van der Waals surface area contributed by atoms with Crippen molar-refractivity contribution < 1.29 is 0 Å². The summed E-state index contributed by atoms with van der Waals surface area (Å²) < 4.78 is 3.88. The van der Waals surface area contributed by atoms with Gasteiger partial charge in [0.25, 0.3) is 0 Å². The highest BCUT2D eigenvalue weighted by atomic mass is 15.3. The van der Waals surface area contributed by atoms with Crippen LogP contribution in [0.5, 0.6) is 0 Å². The Morgan fingerprint density at radius 2 is 2.19 bits per heavy atom. The molecule has 86 valence electrons.